The first-order chi connectivity index (χ1) is 19.3. The summed E-state index contributed by atoms with van der Waals surface area (Å²) in [6.45, 7) is 4.26. The summed E-state index contributed by atoms with van der Waals surface area (Å²) in [6, 6.07) is 1.76. The number of carbonyl (C=O) groups is 3. The first kappa shape index (κ1) is 28.3. The van der Waals surface area contributed by atoms with E-state index >= 15 is 8.78 Å². The Morgan fingerprint density at radius 1 is 1.17 bits per heavy atom. The monoisotopic (exact) mass is 573 g/mol. The molecule has 12 atom stereocenters. The van der Waals surface area contributed by atoms with Crippen molar-refractivity contribution in [1.82, 2.24) is 0 Å². The Balaban J connectivity index is 1.38. The lowest BCUT2D eigenvalue weighted by molar-refractivity contribution is -0.234. The average molecular weight is 574 g/mol. The van der Waals surface area contributed by atoms with E-state index in [9.17, 15) is 19.5 Å². The summed E-state index contributed by atoms with van der Waals surface area (Å²) in [5.74, 6) is -3.13. The molecule has 0 aromatic carbocycles. The highest BCUT2D eigenvalue weighted by atomic mass is 19.1. The molecular weight excluding hydrogens is 536 g/mol. The van der Waals surface area contributed by atoms with Crippen LogP contribution in [0.5, 0.6) is 0 Å². The third kappa shape index (κ3) is 3.66. The molecule has 0 amide bonds. The maximum atomic E-state index is 17.5. The Kier molecular flexibility index (Phi) is 6.46. The normalized spacial score (nSPS) is 49.3. The molecule has 6 aliphatic carbocycles. The number of ketones is 1. The number of rotatable bonds is 4. The van der Waals surface area contributed by atoms with Crippen LogP contribution in [0.4, 0.5) is 13.6 Å². The molecule has 1 N–H and O–H groups in total. The standard InChI is InChI=1S/C31H37F2NO7/c1-16-10-20-21-14-23(32)22-13-19(35)6-7-28(22,2)30(21,33)25(36)15-29(20,3)31(16,26(37)39-9-8-34)41-27(38)40-24-12-17-4-5-18(24)11-17/h6-7,13,16-18,20-21,23-25,36H,4-5,9-12,14-15H2,1-3H3/t16-,17-,18+,20+,21+,23+,24-,25+,28+,29+,30+,31+/m1/s1. The number of fused-ring (bicyclic) bond motifs is 7. The van der Waals surface area contributed by atoms with Gasteiger partial charge in [-0.1, -0.05) is 19.9 Å². The van der Waals surface area contributed by atoms with Crippen LogP contribution in [-0.2, 0) is 23.8 Å². The molecule has 41 heavy (non-hydrogen) atoms. The van der Waals surface area contributed by atoms with Crippen LogP contribution in [0.15, 0.2) is 23.8 Å². The molecule has 10 heteroatoms. The summed E-state index contributed by atoms with van der Waals surface area (Å²) in [4.78, 5) is 39.3. The fourth-order valence-electron chi connectivity index (χ4n) is 10.0. The first-order valence-electron chi connectivity index (χ1n) is 14.7. The molecule has 6 rings (SSSR count). The van der Waals surface area contributed by atoms with Crippen LogP contribution in [0.1, 0.15) is 65.7 Å². The van der Waals surface area contributed by atoms with Gasteiger partial charge in [-0.2, -0.15) is 5.26 Å². The van der Waals surface area contributed by atoms with Crippen LogP contribution < -0.4 is 0 Å². The molecule has 222 valence electrons. The molecule has 5 fully saturated rings. The number of allylic oxidation sites excluding steroid dienone is 4. The minimum Gasteiger partial charge on any atom is -0.447 e. The topological polar surface area (TPSA) is 123 Å². The fourth-order valence-corrected chi connectivity index (χ4v) is 10.0. The second-order valence-corrected chi connectivity index (χ2v) is 13.6. The molecular formula is C31H37F2NO7. The average Bonchev–Trinajstić information content (AvgIpc) is 3.59. The smallest absolute Gasteiger partial charge is 0.447 e. The van der Waals surface area contributed by atoms with E-state index < -0.39 is 76.6 Å². The van der Waals surface area contributed by atoms with E-state index in [1.54, 1.807) is 19.9 Å². The van der Waals surface area contributed by atoms with E-state index in [0.717, 1.165) is 31.8 Å². The van der Waals surface area contributed by atoms with Gasteiger partial charge in [-0.15, -0.1) is 0 Å². The number of ether oxygens (including phenoxy) is 3. The Morgan fingerprint density at radius 2 is 1.93 bits per heavy atom. The number of carbonyl (C=O) groups excluding carboxylic acids is 3. The van der Waals surface area contributed by atoms with E-state index in [4.69, 9.17) is 19.5 Å². The van der Waals surface area contributed by atoms with Crippen LogP contribution in [0, 0.1) is 51.8 Å². The molecule has 0 aliphatic heterocycles. The number of aliphatic hydroxyl groups is 1. The van der Waals surface area contributed by atoms with Gasteiger partial charge in [0.1, 0.15) is 18.3 Å². The molecule has 0 aromatic heterocycles. The van der Waals surface area contributed by atoms with Crippen LogP contribution in [0.3, 0.4) is 0 Å². The zero-order chi connectivity index (χ0) is 29.5. The van der Waals surface area contributed by atoms with Crippen LogP contribution in [0.2, 0.25) is 0 Å². The number of alkyl halides is 2. The van der Waals surface area contributed by atoms with Crippen LogP contribution >= 0.6 is 0 Å². The van der Waals surface area contributed by atoms with Crippen LogP contribution in [-0.4, -0.2) is 59.3 Å². The quantitative estimate of drug-likeness (QED) is 0.481. The molecule has 0 heterocycles. The van der Waals surface area contributed by atoms with E-state index in [-0.39, 0.29) is 36.9 Å². The highest BCUT2D eigenvalue weighted by Gasteiger charge is 2.79. The fraction of sp³-hybridized carbons (Fsp3) is 0.742. The Bertz CT molecular complexity index is 1280. The lowest BCUT2D eigenvalue weighted by Crippen LogP contribution is -2.71. The zero-order valence-corrected chi connectivity index (χ0v) is 23.6. The van der Waals surface area contributed by atoms with Gasteiger partial charge in [0.05, 0.1) is 6.10 Å². The highest BCUT2D eigenvalue weighted by molar-refractivity contribution is 6.01. The predicted octanol–water partition coefficient (Wildman–Crippen LogP) is 4.70. The van der Waals surface area contributed by atoms with Crippen LogP contribution in [0.25, 0.3) is 0 Å². The molecule has 6 aliphatic rings. The third-order valence-electron chi connectivity index (χ3n) is 11.9. The predicted molar refractivity (Wildman–Crippen MR) is 139 cm³/mol. The minimum absolute atomic E-state index is 0.00262. The van der Waals surface area contributed by atoms with Crippen molar-refractivity contribution in [2.24, 2.45) is 40.4 Å². The van der Waals surface area contributed by atoms with Gasteiger partial charge in [-0.05, 0) is 87.3 Å². The number of hydrogen-bond donors (Lipinski definition) is 1. The van der Waals surface area contributed by atoms with Crippen molar-refractivity contribution in [3.63, 3.8) is 0 Å². The van der Waals surface area contributed by atoms with Crippen molar-refractivity contribution in [2.75, 3.05) is 6.61 Å². The second kappa shape index (κ2) is 9.35. The molecule has 0 saturated heterocycles. The number of hydrogen-bond acceptors (Lipinski definition) is 8. The van der Waals surface area contributed by atoms with E-state index in [2.05, 4.69) is 0 Å². The van der Waals surface area contributed by atoms with Gasteiger partial charge in [0.25, 0.3) is 0 Å². The van der Waals surface area contributed by atoms with Crippen molar-refractivity contribution in [2.45, 2.75) is 95.4 Å². The van der Waals surface area contributed by atoms with Crippen molar-refractivity contribution in [3.05, 3.63) is 23.8 Å². The first-order valence-corrected chi connectivity index (χ1v) is 14.7. The Hall–Kier alpha value is -2.80. The Morgan fingerprint density at radius 3 is 2.59 bits per heavy atom. The molecule has 0 aromatic rings. The number of nitrogens with zero attached hydrogens (tertiary/aromatic N) is 1. The van der Waals surface area contributed by atoms with E-state index in [0.29, 0.717) is 5.92 Å². The van der Waals surface area contributed by atoms with Gasteiger partial charge in [-0.25, -0.2) is 18.4 Å². The molecule has 0 spiro atoms. The molecule has 0 radical (unpaired) electrons. The van der Waals surface area contributed by atoms with Gasteiger partial charge < -0.3 is 19.3 Å². The number of nitriles is 1. The van der Waals surface area contributed by atoms with Gasteiger partial charge in [0, 0.05) is 22.7 Å². The van der Waals surface area contributed by atoms with Crippen molar-refractivity contribution < 1.29 is 42.5 Å². The summed E-state index contributed by atoms with van der Waals surface area (Å²) >= 11 is 0. The lowest BCUT2D eigenvalue weighted by Gasteiger charge is -2.62. The largest absolute Gasteiger partial charge is 0.509 e. The molecule has 0 unspecified atom stereocenters. The van der Waals surface area contributed by atoms with Gasteiger partial charge >= 0.3 is 12.1 Å². The third-order valence-corrected chi connectivity index (χ3v) is 11.9. The molecule has 8 nitrogen and oxygen atoms in total. The van der Waals surface area contributed by atoms with Crippen molar-refractivity contribution in [3.8, 4) is 6.07 Å². The zero-order valence-electron chi connectivity index (χ0n) is 23.6. The van der Waals surface area contributed by atoms with Gasteiger partial charge in [0.15, 0.2) is 18.1 Å². The molecule has 2 bridgehead atoms. The highest BCUT2D eigenvalue weighted by Crippen LogP contribution is 2.71. The maximum Gasteiger partial charge on any atom is 0.509 e. The molecule has 5 saturated carbocycles. The van der Waals surface area contributed by atoms with E-state index in [1.165, 1.54) is 19.1 Å². The lowest BCUT2D eigenvalue weighted by atomic mass is 9.44. The van der Waals surface area contributed by atoms with E-state index in [1.807, 2.05) is 0 Å². The minimum atomic E-state index is -2.35. The van der Waals surface area contributed by atoms with Crippen molar-refractivity contribution in [1.29, 1.82) is 5.26 Å². The second-order valence-electron chi connectivity index (χ2n) is 13.6. The van der Waals surface area contributed by atoms with Crippen molar-refractivity contribution >= 4 is 17.9 Å². The van der Waals surface area contributed by atoms with Gasteiger partial charge in [0.2, 0.25) is 5.60 Å². The summed E-state index contributed by atoms with van der Waals surface area (Å²) in [5.41, 5.74) is -7.28. The summed E-state index contributed by atoms with van der Waals surface area (Å²) in [6.07, 6.45) is 2.36. The summed E-state index contributed by atoms with van der Waals surface area (Å²) in [7, 11) is 0. The number of aliphatic hydroxyl groups excluding tert-OH is 1. The Labute approximate surface area is 238 Å². The summed E-state index contributed by atoms with van der Waals surface area (Å²) in [5, 5.41) is 20.8. The number of halogens is 2. The summed E-state index contributed by atoms with van der Waals surface area (Å²) < 4.78 is 50.3. The maximum absolute atomic E-state index is 17.5. The number of esters is 1. The SMILES string of the molecule is C[C@@H]1C[C@H]2[C@@H]3C[C@H](F)C4=CC(=O)C=C[C@]4(C)[C@@]3(F)[C@@H](O)C[C@]2(C)[C@@]1(OC(=O)O[C@@H]1C[C@@H]2CC[C@H]1C2)C(=O)OCC#N. The van der Waals surface area contributed by atoms with Gasteiger partial charge in [-0.3, -0.25) is 4.79 Å².